The van der Waals surface area contributed by atoms with E-state index in [-0.39, 0.29) is 6.15 Å². The van der Waals surface area contributed by atoms with Crippen molar-refractivity contribution in [2.75, 3.05) is 0 Å². The molecule has 0 heterocycles. The highest BCUT2D eigenvalue weighted by molar-refractivity contribution is 5.85. The Balaban J connectivity index is 0.00000121. The maximum atomic E-state index is 10.1. The van der Waals surface area contributed by atoms with Gasteiger partial charge in [-0.15, -0.1) is 0 Å². The summed E-state index contributed by atoms with van der Waals surface area (Å²) in [5.74, 6) is -0.922. The van der Waals surface area contributed by atoms with Crippen molar-refractivity contribution in [3.05, 3.63) is 42.0 Å². The van der Waals surface area contributed by atoms with Gasteiger partial charge in [0.15, 0.2) is 0 Å². The van der Waals surface area contributed by atoms with E-state index in [2.05, 4.69) is 0 Å². The molecular weight excluding hydrogens is 154 g/mol. The number of benzene rings is 1. The third-order valence-corrected chi connectivity index (χ3v) is 1.22. The molecule has 0 atom stereocenters. The second kappa shape index (κ2) is 5.09. The molecular formula is C9H11NO2. The second-order valence-electron chi connectivity index (χ2n) is 2.08. The number of carboxylic acids is 1. The quantitative estimate of drug-likeness (QED) is 0.658. The lowest BCUT2D eigenvalue weighted by Gasteiger charge is -1.87. The predicted octanol–water partition coefficient (Wildman–Crippen LogP) is 1.95. The van der Waals surface area contributed by atoms with Crippen LogP contribution in [0, 0.1) is 0 Å². The van der Waals surface area contributed by atoms with Crippen LogP contribution in [0.3, 0.4) is 0 Å². The van der Waals surface area contributed by atoms with E-state index >= 15 is 0 Å². The van der Waals surface area contributed by atoms with Crippen molar-refractivity contribution in [2.24, 2.45) is 0 Å². The molecule has 0 spiro atoms. The first-order valence-corrected chi connectivity index (χ1v) is 3.25. The summed E-state index contributed by atoms with van der Waals surface area (Å²) in [6.45, 7) is 0. The van der Waals surface area contributed by atoms with Gasteiger partial charge in [-0.3, -0.25) is 0 Å². The van der Waals surface area contributed by atoms with E-state index in [0.29, 0.717) is 0 Å². The lowest BCUT2D eigenvalue weighted by atomic mass is 10.2. The van der Waals surface area contributed by atoms with Crippen molar-refractivity contribution in [1.29, 1.82) is 0 Å². The largest absolute Gasteiger partial charge is 0.478 e. The molecule has 12 heavy (non-hydrogen) atoms. The highest BCUT2D eigenvalue weighted by atomic mass is 16.4. The zero-order chi connectivity index (χ0) is 8.10. The topological polar surface area (TPSA) is 72.3 Å². The zero-order valence-electron chi connectivity index (χ0n) is 6.60. The Bertz CT molecular complexity index is 267. The molecule has 0 aromatic heterocycles. The van der Waals surface area contributed by atoms with E-state index < -0.39 is 5.97 Å². The Morgan fingerprint density at radius 1 is 1.25 bits per heavy atom. The molecule has 4 N–H and O–H groups in total. The Morgan fingerprint density at radius 3 is 2.33 bits per heavy atom. The van der Waals surface area contributed by atoms with Crippen molar-refractivity contribution in [1.82, 2.24) is 6.15 Å². The molecule has 0 aliphatic heterocycles. The monoisotopic (exact) mass is 165 g/mol. The van der Waals surface area contributed by atoms with Gasteiger partial charge in [0, 0.05) is 6.08 Å². The first-order valence-electron chi connectivity index (χ1n) is 3.25. The van der Waals surface area contributed by atoms with Crippen LogP contribution in [-0.2, 0) is 4.79 Å². The fourth-order valence-corrected chi connectivity index (χ4v) is 0.732. The van der Waals surface area contributed by atoms with Gasteiger partial charge in [0.2, 0.25) is 0 Å². The average molecular weight is 165 g/mol. The first kappa shape index (κ1) is 10.4. The Labute approximate surface area is 70.9 Å². The van der Waals surface area contributed by atoms with Crippen LogP contribution in [-0.4, -0.2) is 11.1 Å². The van der Waals surface area contributed by atoms with Crippen molar-refractivity contribution < 1.29 is 9.90 Å². The number of rotatable bonds is 2. The Hall–Kier alpha value is -1.61. The fraction of sp³-hybridized carbons (Fsp3) is 0. The Morgan fingerprint density at radius 2 is 1.83 bits per heavy atom. The number of carboxylic acid groups (broad SMARTS) is 1. The number of hydrogen-bond acceptors (Lipinski definition) is 2. The van der Waals surface area contributed by atoms with Crippen LogP contribution in [0.5, 0.6) is 0 Å². The molecule has 0 amide bonds. The highest BCUT2D eigenvalue weighted by Gasteiger charge is 1.85. The van der Waals surface area contributed by atoms with Gasteiger partial charge in [0.1, 0.15) is 0 Å². The van der Waals surface area contributed by atoms with Gasteiger partial charge in [-0.2, -0.15) is 0 Å². The normalized spacial score (nSPS) is 9.33. The summed E-state index contributed by atoms with van der Waals surface area (Å²) >= 11 is 0. The second-order valence-corrected chi connectivity index (χ2v) is 2.08. The van der Waals surface area contributed by atoms with Crippen molar-refractivity contribution in [3.8, 4) is 0 Å². The molecule has 1 aromatic carbocycles. The van der Waals surface area contributed by atoms with Crippen LogP contribution in [0.1, 0.15) is 5.56 Å². The maximum absolute atomic E-state index is 10.1. The van der Waals surface area contributed by atoms with Gasteiger partial charge in [-0.1, -0.05) is 30.3 Å². The molecule has 3 nitrogen and oxygen atoms in total. The van der Waals surface area contributed by atoms with E-state index in [0.717, 1.165) is 11.6 Å². The number of hydrogen-bond donors (Lipinski definition) is 2. The van der Waals surface area contributed by atoms with E-state index in [1.54, 1.807) is 6.08 Å². The number of carbonyl (C=O) groups is 1. The molecule has 64 valence electrons. The standard InChI is InChI=1S/C9H8O2.H3N/c10-9(11)7-6-8-4-2-1-3-5-8;/h1-7H,(H,10,11);1H3/b7-6+;. The first-order chi connectivity index (χ1) is 5.29. The lowest BCUT2D eigenvalue weighted by Crippen LogP contribution is -1.85. The minimum atomic E-state index is -0.922. The van der Waals surface area contributed by atoms with Gasteiger partial charge in [-0.05, 0) is 11.6 Å². The lowest BCUT2D eigenvalue weighted by molar-refractivity contribution is -0.131. The van der Waals surface area contributed by atoms with E-state index in [1.165, 1.54) is 0 Å². The molecule has 0 saturated carbocycles. The summed E-state index contributed by atoms with van der Waals surface area (Å²) in [7, 11) is 0. The van der Waals surface area contributed by atoms with Crippen molar-refractivity contribution >= 4 is 12.0 Å². The minimum absolute atomic E-state index is 0. The third-order valence-electron chi connectivity index (χ3n) is 1.22. The summed E-state index contributed by atoms with van der Waals surface area (Å²) in [6, 6.07) is 9.31. The minimum Gasteiger partial charge on any atom is -0.478 e. The predicted molar refractivity (Wildman–Crippen MR) is 48.1 cm³/mol. The van der Waals surface area contributed by atoms with Crippen molar-refractivity contribution in [2.45, 2.75) is 0 Å². The van der Waals surface area contributed by atoms with Gasteiger partial charge >= 0.3 is 5.97 Å². The van der Waals surface area contributed by atoms with E-state index in [9.17, 15) is 4.79 Å². The molecule has 0 fully saturated rings. The van der Waals surface area contributed by atoms with Gasteiger partial charge < -0.3 is 11.3 Å². The smallest absolute Gasteiger partial charge is 0.328 e. The molecule has 1 aromatic rings. The summed E-state index contributed by atoms with van der Waals surface area (Å²) in [6.07, 6.45) is 2.68. The maximum Gasteiger partial charge on any atom is 0.328 e. The number of aliphatic carboxylic acids is 1. The molecule has 0 aliphatic carbocycles. The zero-order valence-corrected chi connectivity index (χ0v) is 6.60. The highest BCUT2D eigenvalue weighted by Crippen LogP contribution is 1.99. The van der Waals surface area contributed by atoms with Gasteiger partial charge in [-0.25, -0.2) is 4.79 Å². The van der Waals surface area contributed by atoms with Crippen molar-refractivity contribution in [3.63, 3.8) is 0 Å². The summed E-state index contributed by atoms with van der Waals surface area (Å²) in [4.78, 5) is 10.1. The summed E-state index contributed by atoms with van der Waals surface area (Å²) < 4.78 is 0. The van der Waals surface area contributed by atoms with Crippen LogP contribution in [0.25, 0.3) is 6.08 Å². The molecule has 0 bridgehead atoms. The van der Waals surface area contributed by atoms with Gasteiger partial charge in [0.05, 0.1) is 0 Å². The molecule has 3 heteroatoms. The molecule has 1 rings (SSSR count). The SMILES string of the molecule is N.O=C(O)/C=C/c1ccccc1. The third kappa shape index (κ3) is 3.53. The summed E-state index contributed by atoms with van der Waals surface area (Å²) in [5, 5.41) is 8.29. The van der Waals surface area contributed by atoms with Crippen LogP contribution < -0.4 is 6.15 Å². The van der Waals surface area contributed by atoms with E-state index in [1.807, 2.05) is 30.3 Å². The molecule has 0 saturated heterocycles. The molecule has 0 unspecified atom stereocenters. The summed E-state index contributed by atoms with van der Waals surface area (Å²) in [5.41, 5.74) is 0.898. The van der Waals surface area contributed by atoms with E-state index in [4.69, 9.17) is 5.11 Å². The molecule has 0 radical (unpaired) electrons. The average Bonchev–Trinajstić information content (AvgIpc) is 2.03. The Kier molecular flexibility index (Phi) is 4.41. The fourth-order valence-electron chi connectivity index (χ4n) is 0.732. The van der Waals surface area contributed by atoms with Crippen LogP contribution in [0.15, 0.2) is 36.4 Å². The van der Waals surface area contributed by atoms with Crippen LogP contribution in [0.2, 0.25) is 0 Å². The van der Waals surface area contributed by atoms with Crippen LogP contribution >= 0.6 is 0 Å². The molecule has 0 aliphatic rings. The van der Waals surface area contributed by atoms with Gasteiger partial charge in [0.25, 0.3) is 0 Å². The van der Waals surface area contributed by atoms with Crippen LogP contribution in [0.4, 0.5) is 0 Å².